The Hall–Kier alpha value is -3.31. The van der Waals surface area contributed by atoms with Crippen molar-refractivity contribution in [3.05, 3.63) is 59.7 Å². The number of hydrogen-bond acceptors (Lipinski definition) is 8. The standard InChI is InChI=1S/C23H30BN5O5/c1-15(2)9-20(24(32)33)28-22(31)23(10-17-7-5-4-6-8-17)11-18(29-34-23)13-27-21(30)19-14-25-16(3)12-26-19/h4-8,12,14-15,20,32-33H,9-11,13H2,1-3H3,(H,27,30)(H,28,31). The van der Waals surface area contributed by atoms with Crippen LogP contribution in [0.15, 0.2) is 47.9 Å². The molecule has 1 aliphatic rings. The molecule has 0 radical (unpaired) electrons. The first-order chi connectivity index (χ1) is 16.2. The van der Waals surface area contributed by atoms with Crippen molar-refractivity contribution in [3.8, 4) is 0 Å². The third kappa shape index (κ3) is 6.61. The van der Waals surface area contributed by atoms with Crippen molar-refractivity contribution in [2.75, 3.05) is 6.54 Å². The molecule has 10 nitrogen and oxygen atoms in total. The molecule has 2 aromatic rings. The summed E-state index contributed by atoms with van der Waals surface area (Å²) in [5.74, 6) is -1.63. The summed E-state index contributed by atoms with van der Waals surface area (Å²) in [4.78, 5) is 39.6. The first-order valence-corrected chi connectivity index (χ1v) is 11.2. The van der Waals surface area contributed by atoms with Crippen molar-refractivity contribution in [2.24, 2.45) is 11.1 Å². The van der Waals surface area contributed by atoms with E-state index in [1.54, 1.807) is 6.92 Å². The molecule has 0 aliphatic carbocycles. The van der Waals surface area contributed by atoms with E-state index >= 15 is 0 Å². The summed E-state index contributed by atoms with van der Waals surface area (Å²) < 4.78 is 0. The Labute approximate surface area is 199 Å². The third-order valence-electron chi connectivity index (χ3n) is 5.45. The summed E-state index contributed by atoms with van der Waals surface area (Å²) >= 11 is 0. The summed E-state index contributed by atoms with van der Waals surface area (Å²) in [6.07, 6.45) is 3.62. The van der Waals surface area contributed by atoms with Gasteiger partial charge in [0.05, 0.1) is 30.1 Å². The highest BCUT2D eigenvalue weighted by molar-refractivity contribution is 6.43. The van der Waals surface area contributed by atoms with Crippen LogP contribution in [0.1, 0.15) is 48.4 Å². The quantitative estimate of drug-likeness (QED) is 0.379. The van der Waals surface area contributed by atoms with Crippen LogP contribution in [0.25, 0.3) is 0 Å². The van der Waals surface area contributed by atoms with Crippen molar-refractivity contribution in [1.29, 1.82) is 0 Å². The number of rotatable bonds is 10. The first kappa shape index (κ1) is 25.3. The number of hydrogen-bond donors (Lipinski definition) is 4. The third-order valence-corrected chi connectivity index (χ3v) is 5.45. The fraction of sp³-hybridized carbons (Fsp3) is 0.435. The predicted octanol–water partition coefficient (Wildman–Crippen LogP) is 0.816. The molecular formula is C23H30BN5O5. The molecule has 4 N–H and O–H groups in total. The van der Waals surface area contributed by atoms with E-state index in [-0.39, 0.29) is 31.0 Å². The topological polar surface area (TPSA) is 146 Å². The molecule has 1 aromatic carbocycles. The van der Waals surface area contributed by atoms with Crippen LogP contribution in [0.2, 0.25) is 0 Å². The minimum absolute atomic E-state index is 0.0657. The number of aryl methyl sites for hydroxylation is 1. The van der Waals surface area contributed by atoms with Gasteiger partial charge in [0.15, 0.2) is 0 Å². The lowest BCUT2D eigenvalue weighted by atomic mass is 9.74. The number of benzene rings is 1. The maximum absolute atomic E-state index is 13.4. The minimum atomic E-state index is -1.71. The molecule has 2 unspecified atom stereocenters. The molecular weight excluding hydrogens is 437 g/mol. The Morgan fingerprint density at radius 2 is 1.91 bits per heavy atom. The van der Waals surface area contributed by atoms with Crippen molar-refractivity contribution in [2.45, 2.75) is 51.6 Å². The highest BCUT2D eigenvalue weighted by Gasteiger charge is 2.48. The van der Waals surface area contributed by atoms with Gasteiger partial charge in [-0.3, -0.25) is 14.6 Å². The van der Waals surface area contributed by atoms with Crippen LogP contribution in [0, 0.1) is 12.8 Å². The fourth-order valence-electron chi connectivity index (χ4n) is 3.71. The van der Waals surface area contributed by atoms with E-state index < -0.39 is 30.5 Å². The molecule has 2 atom stereocenters. The monoisotopic (exact) mass is 467 g/mol. The van der Waals surface area contributed by atoms with Crippen molar-refractivity contribution >= 4 is 24.6 Å². The lowest BCUT2D eigenvalue weighted by molar-refractivity contribution is -0.144. The van der Waals surface area contributed by atoms with Gasteiger partial charge in [-0.15, -0.1) is 0 Å². The molecule has 2 amide bonds. The number of nitrogens with one attached hydrogen (secondary N) is 2. The van der Waals surface area contributed by atoms with Crippen LogP contribution in [-0.2, 0) is 16.1 Å². The summed E-state index contributed by atoms with van der Waals surface area (Å²) in [7, 11) is -1.71. The van der Waals surface area contributed by atoms with E-state index in [1.807, 2.05) is 44.2 Å². The fourth-order valence-corrected chi connectivity index (χ4v) is 3.71. The number of aromatic nitrogens is 2. The zero-order chi connectivity index (χ0) is 24.7. The van der Waals surface area contributed by atoms with E-state index in [0.29, 0.717) is 17.8 Å². The first-order valence-electron chi connectivity index (χ1n) is 11.2. The van der Waals surface area contributed by atoms with Gasteiger partial charge in [0, 0.05) is 19.0 Å². The van der Waals surface area contributed by atoms with Crippen LogP contribution >= 0.6 is 0 Å². The number of carbonyl (C=O) groups is 2. The smallest absolute Gasteiger partial charge is 0.426 e. The van der Waals surface area contributed by atoms with Gasteiger partial charge in [0.1, 0.15) is 5.69 Å². The van der Waals surface area contributed by atoms with Gasteiger partial charge in [-0.05, 0) is 24.8 Å². The van der Waals surface area contributed by atoms with E-state index in [4.69, 9.17) is 4.84 Å². The number of nitrogens with zero attached hydrogens (tertiary/aromatic N) is 3. The van der Waals surface area contributed by atoms with Gasteiger partial charge >= 0.3 is 7.12 Å². The molecule has 180 valence electrons. The van der Waals surface area contributed by atoms with Gasteiger partial charge < -0.3 is 25.5 Å². The SMILES string of the molecule is Cc1cnc(C(=O)NCC2=NOC(Cc3ccccc3)(C(=O)NC(CC(C)C)B(O)O)C2)cn1. The second-order valence-corrected chi connectivity index (χ2v) is 8.93. The maximum Gasteiger partial charge on any atom is 0.475 e. The van der Waals surface area contributed by atoms with Gasteiger partial charge in [0.25, 0.3) is 11.8 Å². The molecule has 0 bridgehead atoms. The molecule has 2 heterocycles. The Balaban J connectivity index is 1.72. The normalized spacial score (nSPS) is 18.1. The lowest BCUT2D eigenvalue weighted by Crippen LogP contribution is -2.56. The maximum atomic E-state index is 13.4. The highest BCUT2D eigenvalue weighted by atomic mass is 16.7. The molecule has 0 saturated carbocycles. The molecule has 0 fully saturated rings. The molecule has 1 aliphatic heterocycles. The van der Waals surface area contributed by atoms with Crippen molar-refractivity contribution < 1.29 is 24.5 Å². The van der Waals surface area contributed by atoms with Gasteiger partial charge in [-0.2, -0.15) is 0 Å². The average molecular weight is 467 g/mol. The van der Waals surface area contributed by atoms with Gasteiger partial charge in [0.2, 0.25) is 5.60 Å². The Kier molecular flexibility index (Phi) is 8.35. The summed E-state index contributed by atoms with van der Waals surface area (Å²) in [5.41, 5.74) is 0.829. The van der Waals surface area contributed by atoms with E-state index in [9.17, 15) is 19.6 Å². The average Bonchev–Trinajstić information content (AvgIpc) is 3.22. The molecule has 3 rings (SSSR count). The van der Waals surface area contributed by atoms with Crippen molar-refractivity contribution in [3.63, 3.8) is 0 Å². The number of carbonyl (C=O) groups excluding carboxylic acids is 2. The van der Waals surface area contributed by atoms with Crippen LogP contribution in [0.3, 0.4) is 0 Å². The lowest BCUT2D eigenvalue weighted by Gasteiger charge is -2.29. The second kappa shape index (κ2) is 11.2. The zero-order valence-corrected chi connectivity index (χ0v) is 19.6. The predicted molar refractivity (Wildman–Crippen MR) is 127 cm³/mol. The van der Waals surface area contributed by atoms with Crippen molar-refractivity contribution in [1.82, 2.24) is 20.6 Å². The number of oxime groups is 1. The van der Waals surface area contributed by atoms with Gasteiger partial charge in [-0.25, -0.2) is 4.98 Å². The van der Waals surface area contributed by atoms with Crippen LogP contribution < -0.4 is 10.6 Å². The molecule has 0 spiro atoms. The summed E-state index contributed by atoms with van der Waals surface area (Å²) in [5, 5.41) is 29.0. The minimum Gasteiger partial charge on any atom is -0.426 e. The molecule has 0 saturated heterocycles. The molecule has 34 heavy (non-hydrogen) atoms. The summed E-state index contributed by atoms with van der Waals surface area (Å²) in [6.45, 7) is 5.69. The van der Waals surface area contributed by atoms with Crippen LogP contribution in [0.5, 0.6) is 0 Å². The molecule has 1 aromatic heterocycles. The van der Waals surface area contributed by atoms with E-state index in [0.717, 1.165) is 5.56 Å². The Morgan fingerprint density at radius 3 is 2.53 bits per heavy atom. The summed E-state index contributed by atoms with van der Waals surface area (Å²) in [6, 6.07) is 9.35. The number of amides is 2. The van der Waals surface area contributed by atoms with Crippen LogP contribution in [-0.4, -0.2) is 62.7 Å². The molecule has 11 heteroatoms. The van der Waals surface area contributed by atoms with E-state index in [2.05, 4.69) is 25.8 Å². The Bertz CT molecular complexity index is 1020. The Morgan fingerprint density at radius 1 is 1.18 bits per heavy atom. The second-order valence-electron chi connectivity index (χ2n) is 8.93. The highest BCUT2D eigenvalue weighted by Crippen LogP contribution is 2.29. The van der Waals surface area contributed by atoms with Gasteiger partial charge in [-0.1, -0.05) is 49.3 Å². The zero-order valence-electron chi connectivity index (χ0n) is 19.6. The van der Waals surface area contributed by atoms with Crippen LogP contribution in [0.4, 0.5) is 0 Å². The largest absolute Gasteiger partial charge is 0.475 e. The van der Waals surface area contributed by atoms with E-state index in [1.165, 1.54) is 12.4 Å².